The highest BCUT2D eigenvalue weighted by Crippen LogP contribution is 2.20. The second-order valence-electron chi connectivity index (χ2n) is 7.07. The molecule has 0 amide bonds. The summed E-state index contributed by atoms with van der Waals surface area (Å²) in [7, 11) is -1.33. The molecule has 2 rings (SSSR count). The standard InChI is InChI=1S/C17H32N4O4S.HI/c1-4-25-16(22)15-6-5-9-20(13-15)17(18-2)19-12-14-7-10-21(11-8-14)26(3,23)24;/h14-15H,4-13H2,1-3H3,(H,18,19);1H/t15-;/m0./s1. The summed E-state index contributed by atoms with van der Waals surface area (Å²) in [6, 6.07) is 0. The van der Waals surface area contributed by atoms with Crippen LogP contribution in [0.5, 0.6) is 0 Å². The van der Waals surface area contributed by atoms with Gasteiger partial charge in [0.15, 0.2) is 5.96 Å². The molecule has 27 heavy (non-hydrogen) atoms. The Kier molecular flexibility index (Phi) is 10.3. The summed E-state index contributed by atoms with van der Waals surface area (Å²) in [4.78, 5) is 18.5. The van der Waals surface area contributed by atoms with E-state index >= 15 is 0 Å². The third kappa shape index (κ3) is 7.37. The van der Waals surface area contributed by atoms with Crippen LogP contribution < -0.4 is 5.32 Å². The van der Waals surface area contributed by atoms with Crippen LogP contribution in [0.3, 0.4) is 0 Å². The van der Waals surface area contributed by atoms with Gasteiger partial charge in [0.05, 0.1) is 18.8 Å². The molecule has 2 heterocycles. The number of likely N-dealkylation sites (tertiary alicyclic amines) is 1. The van der Waals surface area contributed by atoms with Gasteiger partial charge in [0.25, 0.3) is 0 Å². The molecule has 2 aliphatic rings. The molecule has 158 valence electrons. The first-order valence-corrected chi connectivity index (χ1v) is 11.3. The topological polar surface area (TPSA) is 91.3 Å². The van der Waals surface area contributed by atoms with Crippen LogP contribution in [0.4, 0.5) is 0 Å². The molecule has 0 radical (unpaired) electrons. The van der Waals surface area contributed by atoms with Gasteiger partial charge in [-0.1, -0.05) is 0 Å². The number of guanidine groups is 1. The van der Waals surface area contributed by atoms with E-state index in [0.717, 1.165) is 44.7 Å². The smallest absolute Gasteiger partial charge is 0.310 e. The summed E-state index contributed by atoms with van der Waals surface area (Å²) < 4.78 is 29.9. The maximum atomic E-state index is 12.0. The quantitative estimate of drug-likeness (QED) is 0.255. The van der Waals surface area contributed by atoms with E-state index in [4.69, 9.17) is 4.74 Å². The number of nitrogens with one attached hydrogen (secondary N) is 1. The molecular weight excluding hydrogens is 483 g/mol. The van der Waals surface area contributed by atoms with Gasteiger partial charge in [-0.2, -0.15) is 0 Å². The lowest BCUT2D eigenvalue weighted by atomic mass is 9.97. The molecule has 0 aromatic heterocycles. The van der Waals surface area contributed by atoms with Gasteiger partial charge in [-0.15, -0.1) is 24.0 Å². The molecule has 1 atom stereocenters. The predicted molar refractivity (Wildman–Crippen MR) is 117 cm³/mol. The fourth-order valence-corrected chi connectivity index (χ4v) is 4.51. The van der Waals surface area contributed by atoms with E-state index < -0.39 is 10.0 Å². The molecule has 0 aromatic carbocycles. The lowest BCUT2D eigenvalue weighted by Gasteiger charge is -2.35. The Morgan fingerprint density at radius 3 is 2.44 bits per heavy atom. The molecule has 0 aromatic rings. The third-order valence-electron chi connectivity index (χ3n) is 5.14. The van der Waals surface area contributed by atoms with E-state index in [1.807, 2.05) is 6.92 Å². The number of esters is 1. The van der Waals surface area contributed by atoms with Gasteiger partial charge in [-0.05, 0) is 38.5 Å². The molecule has 8 nitrogen and oxygen atoms in total. The molecule has 2 fully saturated rings. The minimum absolute atomic E-state index is 0. The van der Waals surface area contributed by atoms with Crippen molar-refractivity contribution < 1.29 is 17.9 Å². The van der Waals surface area contributed by atoms with Gasteiger partial charge in [0.2, 0.25) is 10.0 Å². The Morgan fingerprint density at radius 1 is 1.22 bits per heavy atom. The van der Waals surface area contributed by atoms with Crippen LogP contribution in [0.2, 0.25) is 0 Å². The first-order chi connectivity index (χ1) is 12.3. The minimum Gasteiger partial charge on any atom is -0.466 e. The number of hydrogen-bond donors (Lipinski definition) is 1. The monoisotopic (exact) mass is 516 g/mol. The first kappa shape index (κ1) is 24.4. The summed E-state index contributed by atoms with van der Waals surface area (Å²) >= 11 is 0. The van der Waals surface area contributed by atoms with Gasteiger partial charge in [0.1, 0.15) is 0 Å². The molecule has 0 saturated carbocycles. The number of carbonyl (C=O) groups is 1. The average molecular weight is 516 g/mol. The number of hydrogen-bond acceptors (Lipinski definition) is 5. The van der Waals surface area contributed by atoms with Crippen LogP contribution in [0, 0.1) is 11.8 Å². The molecule has 1 N–H and O–H groups in total. The van der Waals surface area contributed by atoms with Crippen molar-refractivity contribution in [1.29, 1.82) is 0 Å². The van der Waals surface area contributed by atoms with Crippen molar-refractivity contribution in [1.82, 2.24) is 14.5 Å². The number of carbonyl (C=O) groups excluding carboxylic acids is 1. The first-order valence-electron chi connectivity index (χ1n) is 9.42. The predicted octanol–water partition coefficient (Wildman–Crippen LogP) is 1.13. The van der Waals surface area contributed by atoms with Crippen molar-refractivity contribution in [2.24, 2.45) is 16.8 Å². The number of nitrogens with zero attached hydrogens (tertiary/aromatic N) is 3. The summed E-state index contributed by atoms with van der Waals surface area (Å²) in [5.74, 6) is 1.01. The van der Waals surface area contributed by atoms with Gasteiger partial charge in [-0.25, -0.2) is 12.7 Å². The third-order valence-corrected chi connectivity index (χ3v) is 6.45. The highest BCUT2D eigenvalue weighted by Gasteiger charge is 2.29. The van der Waals surface area contributed by atoms with Crippen LogP contribution in [-0.4, -0.2) is 82.2 Å². The van der Waals surface area contributed by atoms with Crippen molar-refractivity contribution in [2.45, 2.75) is 32.6 Å². The number of rotatable bonds is 5. The van der Waals surface area contributed by atoms with E-state index in [-0.39, 0.29) is 35.9 Å². The van der Waals surface area contributed by atoms with E-state index in [1.54, 1.807) is 11.4 Å². The SMILES string of the molecule is CCOC(=O)[C@H]1CCCN(C(=NC)NCC2CCN(S(C)(=O)=O)CC2)C1.I. The maximum Gasteiger partial charge on any atom is 0.310 e. The van der Waals surface area contributed by atoms with E-state index in [9.17, 15) is 13.2 Å². The molecule has 0 aliphatic carbocycles. The Bertz CT molecular complexity index is 606. The van der Waals surface area contributed by atoms with Gasteiger partial charge < -0.3 is 15.0 Å². The van der Waals surface area contributed by atoms with Crippen LogP contribution in [-0.2, 0) is 19.6 Å². The second kappa shape index (κ2) is 11.4. The number of sulfonamides is 1. The van der Waals surface area contributed by atoms with Crippen molar-refractivity contribution in [3.8, 4) is 0 Å². The number of aliphatic imine (C=N–C) groups is 1. The van der Waals surface area contributed by atoms with E-state index in [2.05, 4.69) is 15.2 Å². The number of halogens is 1. The average Bonchev–Trinajstić information content (AvgIpc) is 2.62. The van der Waals surface area contributed by atoms with Gasteiger partial charge >= 0.3 is 5.97 Å². The summed E-state index contributed by atoms with van der Waals surface area (Å²) in [5, 5.41) is 3.41. The highest BCUT2D eigenvalue weighted by atomic mass is 127. The molecule has 2 saturated heterocycles. The van der Waals surface area contributed by atoms with Gasteiger partial charge in [-0.3, -0.25) is 9.79 Å². The summed E-state index contributed by atoms with van der Waals surface area (Å²) in [5.41, 5.74) is 0. The molecule has 0 spiro atoms. The van der Waals surface area contributed by atoms with Crippen molar-refractivity contribution in [3.05, 3.63) is 0 Å². The Hall–Kier alpha value is -0.620. The van der Waals surface area contributed by atoms with Crippen molar-refractivity contribution in [2.75, 3.05) is 52.6 Å². The van der Waals surface area contributed by atoms with Crippen LogP contribution in [0.15, 0.2) is 4.99 Å². The van der Waals surface area contributed by atoms with Crippen LogP contribution in [0.25, 0.3) is 0 Å². The second-order valence-corrected chi connectivity index (χ2v) is 9.05. The van der Waals surface area contributed by atoms with Crippen LogP contribution in [0.1, 0.15) is 32.6 Å². The number of ether oxygens (including phenoxy) is 1. The Labute approximate surface area is 180 Å². The lowest BCUT2D eigenvalue weighted by Crippen LogP contribution is -2.50. The Morgan fingerprint density at radius 2 is 1.89 bits per heavy atom. The zero-order valence-corrected chi connectivity index (χ0v) is 19.7. The fourth-order valence-electron chi connectivity index (χ4n) is 3.63. The largest absolute Gasteiger partial charge is 0.466 e. The normalized spacial score (nSPS) is 22.9. The molecule has 0 unspecified atom stereocenters. The molecular formula is C17H33IN4O4S. The van der Waals surface area contributed by atoms with Gasteiger partial charge in [0, 0.05) is 39.8 Å². The van der Waals surface area contributed by atoms with Crippen LogP contribution >= 0.6 is 24.0 Å². The van der Waals surface area contributed by atoms with Crippen molar-refractivity contribution in [3.63, 3.8) is 0 Å². The lowest BCUT2D eigenvalue weighted by molar-refractivity contribution is -0.149. The zero-order valence-electron chi connectivity index (χ0n) is 16.5. The van der Waals surface area contributed by atoms with E-state index in [0.29, 0.717) is 32.2 Å². The minimum atomic E-state index is -3.08. The maximum absolute atomic E-state index is 12.0. The zero-order chi connectivity index (χ0) is 19.2. The summed E-state index contributed by atoms with van der Waals surface area (Å²) in [6.45, 7) is 5.68. The van der Waals surface area contributed by atoms with E-state index in [1.165, 1.54) is 6.26 Å². The van der Waals surface area contributed by atoms with Crippen molar-refractivity contribution >= 4 is 45.9 Å². The molecule has 0 bridgehead atoms. The fraction of sp³-hybridized carbons (Fsp3) is 0.882. The Balaban J connectivity index is 0.00000364. The highest BCUT2D eigenvalue weighted by molar-refractivity contribution is 14.0. The summed E-state index contributed by atoms with van der Waals surface area (Å²) in [6.07, 6.45) is 4.77. The number of piperidine rings is 2. The molecule has 10 heteroatoms. The molecule has 2 aliphatic heterocycles.